The molecule has 0 aromatic heterocycles. The Kier molecular flexibility index (Phi) is 8.00. The van der Waals surface area contributed by atoms with Gasteiger partial charge in [0.2, 0.25) is 9.04 Å². The van der Waals surface area contributed by atoms with E-state index in [2.05, 4.69) is 6.07 Å². The number of ether oxygens (including phenoxy) is 1. The summed E-state index contributed by atoms with van der Waals surface area (Å²) < 4.78 is 5.29. The molecule has 0 aliphatic rings. The van der Waals surface area contributed by atoms with E-state index in [0.29, 0.717) is 13.2 Å². The van der Waals surface area contributed by atoms with Crippen LogP contribution in [0, 0.1) is 17.2 Å². The highest BCUT2D eigenvalue weighted by atomic mass is 28.3. The third-order valence-electron chi connectivity index (χ3n) is 1.89. The Balaban J connectivity index is 3.21. The van der Waals surface area contributed by atoms with E-state index < -0.39 is 9.04 Å². The summed E-state index contributed by atoms with van der Waals surface area (Å²) in [6.45, 7) is 4.92. The predicted octanol–water partition coefficient (Wildman–Crippen LogP) is 1.73. The summed E-state index contributed by atoms with van der Waals surface area (Å²) >= 11 is 0. The molecule has 0 fully saturated rings. The molecule has 0 amide bonds. The van der Waals surface area contributed by atoms with Crippen LogP contribution in [0.4, 0.5) is 0 Å². The Labute approximate surface area is 82.1 Å². The van der Waals surface area contributed by atoms with E-state index >= 15 is 0 Å². The molecular weight excluding hydrogens is 182 g/mol. The van der Waals surface area contributed by atoms with Crippen LogP contribution in [0.5, 0.6) is 0 Å². The van der Waals surface area contributed by atoms with Crippen LogP contribution in [0.2, 0.25) is 12.6 Å². The molecule has 0 aromatic carbocycles. The largest absolute Gasteiger partial charge is 0.380 e. The van der Waals surface area contributed by atoms with Gasteiger partial charge >= 0.3 is 0 Å². The Bertz CT molecular complexity index is 156. The quantitative estimate of drug-likeness (QED) is 0.464. The minimum Gasteiger partial charge on any atom is -0.380 e. The molecule has 0 aliphatic carbocycles. The van der Waals surface area contributed by atoms with Gasteiger partial charge in [0.25, 0.3) is 0 Å². The molecule has 2 unspecified atom stereocenters. The standard InChI is InChI=1S/C9H18NO2Si/c1-3-9(7-10)8-12-5-4-6-13(2)11/h9,13H,3-6,8H2,1-2H3. The first kappa shape index (κ1) is 12.6. The molecule has 0 heterocycles. The van der Waals surface area contributed by atoms with E-state index in [4.69, 9.17) is 10.00 Å². The fraction of sp³-hybridized carbons (Fsp3) is 0.889. The fourth-order valence-corrected chi connectivity index (χ4v) is 1.69. The van der Waals surface area contributed by atoms with E-state index in [-0.39, 0.29) is 5.92 Å². The van der Waals surface area contributed by atoms with Gasteiger partial charge in [-0.15, -0.1) is 0 Å². The highest BCUT2D eigenvalue weighted by Crippen LogP contribution is 2.02. The van der Waals surface area contributed by atoms with Gasteiger partial charge in [-0.1, -0.05) is 6.92 Å². The summed E-state index contributed by atoms with van der Waals surface area (Å²) in [5.41, 5.74) is 0. The molecule has 75 valence electrons. The molecule has 0 N–H and O–H groups in total. The maximum atomic E-state index is 10.8. The van der Waals surface area contributed by atoms with Gasteiger partial charge in [-0.05, 0) is 25.4 Å². The molecule has 13 heavy (non-hydrogen) atoms. The lowest BCUT2D eigenvalue weighted by Crippen LogP contribution is -2.09. The maximum Gasteiger partial charge on any atom is 0.219 e. The van der Waals surface area contributed by atoms with Crippen molar-refractivity contribution >= 4 is 9.04 Å². The van der Waals surface area contributed by atoms with Crippen LogP contribution in [0.25, 0.3) is 0 Å². The van der Waals surface area contributed by atoms with Crippen LogP contribution in [0.15, 0.2) is 0 Å². The van der Waals surface area contributed by atoms with E-state index in [1.54, 1.807) is 6.55 Å². The number of nitrogens with zero attached hydrogens (tertiary/aromatic N) is 1. The lowest BCUT2D eigenvalue weighted by molar-refractivity contribution is 0.113. The van der Waals surface area contributed by atoms with Crippen molar-refractivity contribution in [2.45, 2.75) is 32.4 Å². The molecule has 0 saturated carbocycles. The molecule has 0 rings (SSSR count). The molecule has 0 saturated heterocycles. The Hall–Kier alpha value is -0.373. The second-order valence-electron chi connectivity index (χ2n) is 3.26. The zero-order valence-corrected chi connectivity index (χ0v) is 9.61. The summed E-state index contributed by atoms with van der Waals surface area (Å²) in [7, 11) is -1.65. The summed E-state index contributed by atoms with van der Waals surface area (Å²) in [5, 5.41) is 8.60. The number of nitriles is 1. The van der Waals surface area contributed by atoms with Crippen LogP contribution in [-0.4, -0.2) is 22.3 Å². The summed E-state index contributed by atoms with van der Waals surface area (Å²) in [4.78, 5) is 10.8. The smallest absolute Gasteiger partial charge is 0.219 e. The minimum atomic E-state index is -1.65. The first-order chi connectivity index (χ1) is 6.20. The molecule has 0 bridgehead atoms. The average Bonchev–Trinajstić information content (AvgIpc) is 2.11. The molecule has 4 heteroatoms. The Morgan fingerprint density at radius 1 is 1.62 bits per heavy atom. The summed E-state index contributed by atoms with van der Waals surface area (Å²) in [5.74, 6) is 0.0157. The molecule has 0 aliphatic heterocycles. The van der Waals surface area contributed by atoms with Crippen molar-refractivity contribution in [3.05, 3.63) is 0 Å². The number of hydrogen-bond donors (Lipinski definition) is 0. The first-order valence-electron chi connectivity index (χ1n) is 4.83. The monoisotopic (exact) mass is 200 g/mol. The van der Waals surface area contributed by atoms with Crippen LogP contribution in [-0.2, 0) is 9.53 Å². The van der Waals surface area contributed by atoms with Gasteiger partial charge in [-0.3, -0.25) is 0 Å². The van der Waals surface area contributed by atoms with Gasteiger partial charge in [0.1, 0.15) is 0 Å². The van der Waals surface area contributed by atoms with Crippen LogP contribution >= 0.6 is 0 Å². The second kappa shape index (κ2) is 8.24. The molecule has 0 spiro atoms. The van der Waals surface area contributed by atoms with E-state index in [9.17, 15) is 4.80 Å². The SMILES string of the molecule is CCC(C#N)COCCC[SiH](C)[O]. The average molecular weight is 200 g/mol. The van der Waals surface area contributed by atoms with Gasteiger partial charge in [-0.25, -0.2) is 0 Å². The van der Waals surface area contributed by atoms with Crippen molar-refractivity contribution in [2.24, 2.45) is 5.92 Å². The maximum absolute atomic E-state index is 10.8. The van der Waals surface area contributed by atoms with Crippen molar-refractivity contribution in [1.29, 1.82) is 5.26 Å². The summed E-state index contributed by atoms with van der Waals surface area (Å²) in [6, 6.07) is 2.97. The van der Waals surface area contributed by atoms with Crippen molar-refractivity contribution in [3.63, 3.8) is 0 Å². The Morgan fingerprint density at radius 3 is 2.77 bits per heavy atom. The first-order valence-corrected chi connectivity index (χ1v) is 7.28. The molecule has 3 nitrogen and oxygen atoms in total. The van der Waals surface area contributed by atoms with Crippen molar-refractivity contribution < 1.29 is 9.53 Å². The van der Waals surface area contributed by atoms with Gasteiger partial charge in [0.15, 0.2) is 0 Å². The second-order valence-corrected chi connectivity index (χ2v) is 5.46. The molecule has 2 atom stereocenters. The van der Waals surface area contributed by atoms with Crippen molar-refractivity contribution in [3.8, 4) is 6.07 Å². The van der Waals surface area contributed by atoms with Crippen molar-refractivity contribution in [1.82, 2.24) is 0 Å². The van der Waals surface area contributed by atoms with E-state index in [0.717, 1.165) is 18.9 Å². The molecular formula is C9H18NO2Si. The highest BCUT2D eigenvalue weighted by Gasteiger charge is 2.04. The van der Waals surface area contributed by atoms with Gasteiger partial charge in [0.05, 0.1) is 18.6 Å². The molecule has 0 aromatic rings. The topological polar surface area (TPSA) is 52.9 Å². The van der Waals surface area contributed by atoms with Gasteiger partial charge in [-0.2, -0.15) is 5.26 Å². The van der Waals surface area contributed by atoms with Gasteiger partial charge in [0, 0.05) is 6.61 Å². The fourth-order valence-electron chi connectivity index (χ4n) is 0.945. The third kappa shape index (κ3) is 7.97. The minimum absolute atomic E-state index is 0.0157. The predicted molar refractivity (Wildman–Crippen MR) is 53.3 cm³/mol. The van der Waals surface area contributed by atoms with Crippen LogP contribution < -0.4 is 0 Å². The normalized spacial score (nSPS) is 14.9. The number of rotatable bonds is 7. The zero-order chi connectivity index (χ0) is 10.1. The lowest BCUT2D eigenvalue weighted by atomic mass is 10.1. The summed E-state index contributed by atoms with van der Waals surface area (Å²) in [6.07, 6.45) is 1.70. The zero-order valence-electron chi connectivity index (χ0n) is 8.45. The molecule has 1 radical (unpaired) electrons. The van der Waals surface area contributed by atoms with Crippen LogP contribution in [0.1, 0.15) is 19.8 Å². The van der Waals surface area contributed by atoms with Gasteiger partial charge < -0.3 is 9.53 Å². The third-order valence-corrected chi connectivity index (χ3v) is 3.12. The lowest BCUT2D eigenvalue weighted by Gasteiger charge is -2.07. The van der Waals surface area contributed by atoms with E-state index in [1.165, 1.54) is 0 Å². The Morgan fingerprint density at radius 2 is 2.31 bits per heavy atom. The van der Waals surface area contributed by atoms with E-state index in [1.807, 2.05) is 6.92 Å². The highest BCUT2D eigenvalue weighted by molar-refractivity contribution is 6.48. The van der Waals surface area contributed by atoms with Crippen molar-refractivity contribution in [2.75, 3.05) is 13.2 Å². The number of hydrogen-bond acceptors (Lipinski definition) is 2. The van der Waals surface area contributed by atoms with Crippen LogP contribution in [0.3, 0.4) is 0 Å².